The number of amides is 1. The third kappa shape index (κ3) is 2.55. The SMILES string of the molecule is CN(C)CCN1C(=O)CCc2ccc(N)nc21. The lowest BCUT2D eigenvalue weighted by atomic mass is 10.1. The topological polar surface area (TPSA) is 62.5 Å². The number of fused-ring (bicyclic) bond motifs is 1. The molecule has 0 unspecified atom stereocenters. The van der Waals surface area contributed by atoms with Crippen LogP contribution in [0.4, 0.5) is 11.6 Å². The molecule has 1 aromatic rings. The Morgan fingerprint density at radius 3 is 2.88 bits per heavy atom. The summed E-state index contributed by atoms with van der Waals surface area (Å²) in [5.74, 6) is 1.34. The number of carbonyl (C=O) groups excluding carboxylic acids is 1. The number of anilines is 2. The molecule has 2 rings (SSSR count). The van der Waals surface area contributed by atoms with Gasteiger partial charge in [-0.1, -0.05) is 6.07 Å². The molecule has 0 atom stereocenters. The second kappa shape index (κ2) is 4.71. The first-order valence-electron chi connectivity index (χ1n) is 5.78. The average molecular weight is 234 g/mol. The van der Waals surface area contributed by atoms with Gasteiger partial charge in [-0.05, 0) is 32.1 Å². The van der Waals surface area contributed by atoms with Crippen molar-refractivity contribution in [2.75, 3.05) is 37.8 Å². The molecule has 0 aromatic carbocycles. The lowest BCUT2D eigenvalue weighted by Crippen LogP contribution is -2.40. The Bertz CT molecular complexity index is 431. The lowest BCUT2D eigenvalue weighted by Gasteiger charge is -2.29. The highest BCUT2D eigenvalue weighted by Crippen LogP contribution is 2.26. The van der Waals surface area contributed by atoms with Gasteiger partial charge in [0, 0.05) is 19.5 Å². The van der Waals surface area contributed by atoms with Crippen LogP contribution in [0.5, 0.6) is 0 Å². The van der Waals surface area contributed by atoms with Crippen LogP contribution in [0, 0.1) is 0 Å². The number of aromatic nitrogens is 1. The van der Waals surface area contributed by atoms with Crippen LogP contribution in [-0.4, -0.2) is 43.0 Å². The molecule has 0 saturated carbocycles. The molecular weight excluding hydrogens is 216 g/mol. The summed E-state index contributed by atoms with van der Waals surface area (Å²) in [7, 11) is 3.98. The molecule has 92 valence electrons. The van der Waals surface area contributed by atoms with Crippen molar-refractivity contribution in [2.24, 2.45) is 0 Å². The van der Waals surface area contributed by atoms with Crippen molar-refractivity contribution >= 4 is 17.5 Å². The normalized spacial score (nSPS) is 15.2. The van der Waals surface area contributed by atoms with Crippen LogP contribution >= 0.6 is 0 Å². The van der Waals surface area contributed by atoms with E-state index in [2.05, 4.69) is 4.98 Å². The van der Waals surface area contributed by atoms with Crippen molar-refractivity contribution in [3.63, 3.8) is 0 Å². The van der Waals surface area contributed by atoms with Crippen LogP contribution < -0.4 is 10.6 Å². The summed E-state index contributed by atoms with van der Waals surface area (Å²) >= 11 is 0. The number of hydrogen-bond donors (Lipinski definition) is 1. The van der Waals surface area contributed by atoms with E-state index in [1.807, 2.05) is 25.1 Å². The number of rotatable bonds is 3. The van der Waals surface area contributed by atoms with Gasteiger partial charge in [0.25, 0.3) is 0 Å². The highest BCUT2D eigenvalue weighted by Gasteiger charge is 2.25. The molecule has 1 aliphatic heterocycles. The van der Waals surface area contributed by atoms with Gasteiger partial charge in [0.1, 0.15) is 11.6 Å². The molecule has 17 heavy (non-hydrogen) atoms. The highest BCUT2D eigenvalue weighted by atomic mass is 16.2. The van der Waals surface area contributed by atoms with Crippen LogP contribution in [-0.2, 0) is 11.2 Å². The summed E-state index contributed by atoms with van der Waals surface area (Å²) in [6, 6.07) is 3.76. The molecule has 0 fully saturated rings. The van der Waals surface area contributed by atoms with Gasteiger partial charge in [-0.15, -0.1) is 0 Å². The van der Waals surface area contributed by atoms with E-state index >= 15 is 0 Å². The number of likely N-dealkylation sites (N-methyl/N-ethyl adjacent to an activating group) is 1. The van der Waals surface area contributed by atoms with Gasteiger partial charge < -0.3 is 10.6 Å². The van der Waals surface area contributed by atoms with Crippen LogP contribution in [0.15, 0.2) is 12.1 Å². The maximum atomic E-state index is 11.9. The van der Waals surface area contributed by atoms with Crippen LogP contribution in [0.25, 0.3) is 0 Å². The zero-order chi connectivity index (χ0) is 12.4. The second-order valence-corrected chi connectivity index (χ2v) is 4.57. The Hall–Kier alpha value is -1.62. The molecule has 1 aromatic heterocycles. The molecule has 5 heteroatoms. The van der Waals surface area contributed by atoms with Gasteiger partial charge >= 0.3 is 0 Å². The first-order valence-corrected chi connectivity index (χ1v) is 5.78. The molecule has 5 nitrogen and oxygen atoms in total. The Balaban J connectivity index is 2.26. The van der Waals surface area contributed by atoms with E-state index in [-0.39, 0.29) is 5.91 Å². The van der Waals surface area contributed by atoms with Gasteiger partial charge in [-0.2, -0.15) is 0 Å². The quantitative estimate of drug-likeness (QED) is 0.827. The molecule has 1 amide bonds. The highest BCUT2D eigenvalue weighted by molar-refractivity contribution is 5.95. The van der Waals surface area contributed by atoms with Crippen molar-refractivity contribution in [3.8, 4) is 0 Å². The van der Waals surface area contributed by atoms with Crippen molar-refractivity contribution in [2.45, 2.75) is 12.8 Å². The molecule has 2 heterocycles. The third-order valence-corrected chi connectivity index (χ3v) is 2.91. The van der Waals surface area contributed by atoms with Gasteiger partial charge in [-0.25, -0.2) is 4.98 Å². The fourth-order valence-electron chi connectivity index (χ4n) is 1.95. The van der Waals surface area contributed by atoms with E-state index < -0.39 is 0 Å². The smallest absolute Gasteiger partial charge is 0.228 e. The standard InChI is InChI=1S/C12H18N4O/c1-15(2)7-8-16-11(17)6-4-9-3-5-10(13)14-12(9)16/h3,5H,4,6-8H2,1-2H3,(H2,13,14). The molecule has 0 bridgehead atoms. The summed E-state index contributed by atoms with van der Waals surface area (Å²) in [6.07, 6.45) is 1.33. The molecule has 0 aliphatic carbocycles. The van der Waals surface area contributed by atoms with Crippen molar-refractivity contribution in [3.05, 3.63) is 17.7 Å². The minimum Gasteiger partial charge on any atom is -0.384 e. The summed E-state index contributed by atoms with van der Waals surface area (Å²) in [5, 5.41) is 0. The minimum absolute atomic E-state index is 0.137. The van der Waals surface area contributed by atoms with Gasteiger partial charge in [0.05, 0.1) is 0 Å². The van der Waals surface area contributed by atoms with E-state index in [9.17, 15) is 4.79 Å². The first kappa shape index (κ1) is 11.9. The van der Waals surface area contributed by atoms with Crippen molar-refractivity contribution in [1.82, 2.24) is 9.88 Å². The maximum Gasteiger partial charge on any atom is 0.228 e. The van der Waals surface area contributed by atoms with E-state index in [0.717, 1.165) is 24.3 Å². The van der Waals surface area contributed by atoms with E-state index in [0.29, 0.717) is 18.8 Å². The summed E-state index contributed by atoms with van der Waals surface area (Å²) in [5.41, 5.74) is 6.79. The van der Waals surface area contributed by atoms with Gasteiger partial charge in [0.15, 0.2) is 0 Å². The fraction of sp³-hybridized carbons (Fsp3) is 0.500. The van der Waals surface area contributed by atoms with Crippen LogP contribution in [0.1, 0.15) is 12.0 Å². The molecule has 2 N–H and O–H groups in total. The zero-order valence-corrected chi connectivity index (χ0v) is 10.3. The number of aryl methyl sites for hydroxylation is 1. The van der Waals surface area contributed by atoms with Crippen LogP contribution in [0.2, 0.25) is 0 Å². The van der Waals surface area contributed by atoms with E-state index in [1.165, 1.54) is 0 Å². The van der Waals surface area contributed by atoms with Gasteiger partial charge in [-0.3, -0.25) is 9.69 Å². The fourth-order valence-corrected chi connectivity index (χ4v) is 1.95. The average Bonchev–Trinajstić information content (AvgIpc) is 2.27. The monoisotopic (exact) mass is 234 g/mol. The lowest BCUT2D eigenvalue weighted by molar-refractivity contribution is -0.119. The summed E-state index contributed by atoms with van der Waals surface area (Å²) in [6.45, 7) is 1.48. The second-order valence-electron chi connectivity index (χ2n) is 4.57. The van der Waals surface area contributed by atoms with E-state index in [1.54, 1.807) is 11.0 Å². The summed E-state index contributed by atoms with van der Waals surface area (Å²) in [4.78, 5) is 20.0. The predicted molar refractivity (Wildman–Crippen MR) is 67.9 cm³/mol. The molecular formula is C12H18N4O. The van der Waals surface area contributed by atoms with Crippen LogP contribution in [0.3, 0.4) is 0 Å². The minimum atomic E-state index is 0.137. The summed E-state index contributed by atoms with van der Waals surface area (Å²) < 4.78 is 0. The van der Waals surface area contributed by atoms with Crippen molar-refractivity contribution < 1.29 is 4.79 Å². The number of nitrogen functional groups attached to an aromatic ring is 1. The van der Waals surface area contributed by atoms with Crippen molar-refractivity contribution in [1.29, 1.82) is 0 Å². The number of pyridine rings is 1. The largest absolute Gasteiger partial charge is 0.384 e. The molecule has 0 radical (unpaired) electrons. The molecule has 1 aliphatic rings. The number of hydrogen-bond acceptors (Lipinski definition) is 4. The Kier molecular flexibility index (Phi) is 3.28. The Morgan fingerprint density at radius 2 is 2.18 bits per heavy atom. The zero-order valence-electron chi connectivity index (χ0n) is 10.3. The number of carbonyl (C=O) groups is 1. The maximum absolute atomic E-state index is 11.9. The third-order valence-electron chi connectivity index (χ3n) is 2.91. The number of nitrogens with zero attached hydrogens (tertiary/aromatic N) is 3. The molecule has 0 spiro atoms. The Morgan fingerprint density at radius 1 is 1.41 bits per heavy atom. The van der Waals surface area contributed by atoms with Gasteiger partial charge in [0.2, 0.25) is 5.91 Å². The van der Waals surface area contributed by atoms with E-state index in [4.69, 9.17) is 5.73 Å². The predicted octanol–water partition coefficient (Wildman–Crippen LogP) is 0.505. The Labute approximate surface area is 101 Å². The molecule has 0 saturated heterocycles. The first-order chi connectivity index (χ1) is 8.08. The number of nitrogens with two attached hydrogens (primary N) is 1.